The largest absolute Gasteiger partial charge is 0.469 e. The van der Waals surface area contributed by atoms with Crippen molar-refractivity contribution in [1.29, 1.82) is 0 Å². The molecule has 0 bridgehead atoms. The third-order valence-electron chi connectivity index (χ3n) is 2.95. The zero-order valence-electron chi connectivity index (χ0n) is 13.0. The third-order valence-corrected chi connectivity index (χ3v) is 4.40. The van der Waals surface area contributed by atoms with Gasteiger partial charge in [-0.05, 0) is 31.5 Å². The predicted molar refractivity (Wildman–Crippen MR) is 84.9 cm³/mol. The molecule has 3 nitrogen and oxygen atoms in total. The molecule has 0 saturated carbocycles. The fraction of sp³-hybridized carbons (Fsp3) is 0.562. The lowest BCUT2D eigenvalue weighted by molar-refractivity contribution is -0.149. The summed E-state index contributed by atoms with van der Waals surface area (Å²) >= 11 is 1.69. The third kappa shape index (κ3) is 5.55. The van der Waals surface area contributed by atoms with Gasteiger partial charge in [0.1, 0.15) is 0 Å². The van der Waals surface area contributed by atoms with Crippen LogP contribution in [-0.4, -0.2) is 24.9 Å². The second-order valence-electron chi connectivity index (χ2n) is 5.85. The quantitative estimate of drug-likeness (QED) is 0.617. The standard InChI is InChI=1S/C16H25NO2S/c1-12(2)17-10-13-7-6-8-14(9-13)20-11-16(3,4)15(18)19-5/h6-9,12,17H,10-11H2,1-5H3. The number of nitrogens with one attached hydrogen (secondary N) is 1. The fourth-order valence-electron chi connectivity index (χ4n) is 1.67. The van der Waals surface area contributed by atoms with Crippen molar-refractivity contribution in [3.05, 3.63) is 29.8 Å². The van der Waals surface area contributed by atoms with Gasteiger partial charge in [-0.1, -0.05) is 26.0 Å². The van der Waals surface area contributed by atoms with Gasteiger partial charge in [0.15, 0.2) is 0 Å². The van der Waals surface area contributed by atoms with E-state index in [2.05, 4.69) is 43.4 Å². The van der Waals surface area contributed by atoms with Crippen LogP contribution in [0.25, 0.3) is 0 Å². The van der Waals surface area contributed by atoms with Crippen LogP contribution in [0, 0.1) is 5.41 Å². The van der Waals surface area contributed by atoms with E-state index in [0.29, 0.717) is 11.8 Å². The lowest BCUT2D eigenvalue weighted by Crippen LogP contribution is -2.28. The van der Waals surface area contributed by atoms with Crippen molar-refractivity contribution in [3.8, 4) is 0 Å². The lowest BCUT2D eigenvalue weighted by atomic mass is 9.97. The number of thioether (sulfide) groups is 1. The van der Waals surface area contributed by atoms with E-state index >= 15 is 0 Å². The van der Waals surface area contributed by atoms with Crippen molar-refractivity contribution in [1.82, 2.24) is 5.32 Å². The van der Waals surface area contributed by atoms with Crippen LogP contribution >= 0.6 is 11.8 Å². The van der Waals surface area contributed by atoms with Crippen LogP contribution in [0.4, 0.5) is 0 Å². The zero-order chi connectivity index (χ0) is 15.2. The SMILES string of the molecule is COC(=O)C(C)(C)CSc1cccc(CNC(C)C)c1. The van der Waals surface area contributed by atoms with E-state index in [1.165, 1.54) is 17.6 Å². The molecule has 112 valence electrons. The van der Waals surface area contributed by atoms with E-state index in [-0.39, 0.29) is 5.97 Å². The van der Waals surface area contributed by atoms with Gasteiger partial charge >= 0.3 is 5.97 Å². The van der Waals surface area contributed by atoms with E-state index in [9.17, 15) is 4.79 Å². The molecule has 0 heterocycles. The Morgan fingerprint density at radius 3 is 2.70 bits per heavy atom. The monoisotopic (exact) mass is 295 g/mol. The highest BCUT2D eigenvalue weighted by Gasteiger charge is 2.28. The molecule has 0 spiro atoms. The lowest BCUT2D eigenvalue weighted by Gasteiger charge is -2.20. The van der Waals surface area contributed by atoms with Crippen molar-refractivity contribution in [2.24, 2.45) is 5.41 Å². The zero-order valence-corrected chi connectivity index (χ0v) is 13.8. The number of rotatable bonds is 7. The van der Waals surface area contributed by atoms with Gasteiger partial charge in [-0.25, -0.2) is 0 Å². The Labute approximate surface area is 126 Å². The molecule has 0 aliphatic carbocycles. The summed E-state index contributed by atoms with van der Waals surface area (Å²) in [5, 5.41) is 3.41. The van der Waals surface area contributed by atoms with E-state index < -0.39 is 5.41 Å². The van der Waals surface area contributed by atoms with Crippen molar-refractivity contribution in [2.45, 2.75) is 45.2 Å². The Balaban J connectivity index is 2.60. The maximum absolute atomic E-state index is 11.7. The number of methoxy groups -OCH3 is 1. The van der Waals surface area contributed by atoms with Crippen LogP contribution in [0.1, 0.15) is 33.3 Å². The Hall–Kier alpha value is -1.00. The number of benzene rings is 1. The maximum atomic E-state index is 11.7. The summed E-state index contributed by atoms with van der Waals surface area (Å²) in [6, 6.07) is 8.91. The van der Waals surface area contributed by atoms with Crippen molar-refractivity contribution >= 4 is 17.7 Å². The number of esters is 1. The number of hydrogen-bond acceptors (Lipinski definition) is 4. The average Bonchev–Trinajstić information content (AvgIpc) is 2.42. The Morgan fingerprint density at radius 1 is 1.40 bits per heavy atom. The Bertz CT molecular complexity index is 444. The molecule has 1 rings (SSSR count). The van der Waals surface area contributed by atoms with Crippen LogP contribution in [0.15, 0.2) is 29.2 Å². The van der Waals surface area contributed by atoms with Gasteiger partial charge in [-0.15, -0.1) is 11.8 Å². The minimum atomic E-state index is -0.467. The Morgan fingerprint density at radius 2 is 2.10 bits per heavy atom. The summed E-state index contributed by atoms with van der Waals surface area (Å²) in [5.74, 6) is 0.545. The minimum Gasteiger partial charge on any atom is -0.469 e. The molecule has 1 aromatic carbocycles. The summed E-state index contributed by atoms with van der Waals surface area (Å²) in [6.07, 6.45) is 0. The molecular formula is C16H25NO2S. The molecule has 0 atom stereocenters. The molecule has 0 aliphatic heterocycles. The molecule has 0 unspecified atom stereocenters. The van der Waals surface area contributed by atoms with Gasteiger partial charge < -0.3 is 10.1 Å². The highest BCUT2D eigenvalue weighted by Crippen LogP contribution is 2.29. The maximum Gasteiger partial charge on any atom is 0.312 e. The van der Waals surface area contributed by atoms with Crippen LogP contribution in [0.5, 0.6) is 0 Å². The van der Waals surface area contributed by atoms with Crippen molar-refractivity contribution in [2.75, 3.05) is 12.9 Å². The van der Waals surface area contributed by atoms with Gasteiger partial charge in [0.05, 0.1) is 12.5 Å². The molecule has 0 radical (unpaired) electrons. The van der Waals surface area contributed by atoms with Gasteiger partial charge in [0.25, 0.3) is 0 Å². The van der Waals surface area contributed by atoms with E-state index in [0.717, 1.165) is 6.54 Å². The summed E-state index contributed by atoms with van der Waals surface area (Å²) in [5.41, 5.74) is 0.797. The molecule has 0 amide bonds. The summed E-state index contributed by atoms with van der Waals surface area (Å²) in [7, 11) is 1.44. The van der Waals surface area contributed by atoms with Crippen LogP contribution in [0.2, 0.25) is 0 Å². The summed E-state index contributed by atoms with van der Waals surface area (Å²) in [4.78, 5) is 12.8. The summed E-state index contributed by atoms with van der Waals surface area (Å²) in [6.45, 7) is 8.97. The molecule has 20 heavy (non-hydrogen) atoms. The normalized spacial score (nSPS) is 11.7. The molecule has 0 aromatic heterocycles. The van der Waals surface area contributed by atoms with Gasteiger partial charge in [0, 0.05) is 23.2 Å². The molecule has 4 heteroatoms. The fourth-order valence-corrected chi connectivity index (χ4v) is 2.72. The molecule has 1 aromatic rings. The first kappa shape index (κ1) is 17.1. The van der Waals surface area contributed by atoms with Crippen LogP contribution in [-0.2, 0) is 16.1 Å². The highest BCUT2D eigenvalue weighted by molar-refractivity contribution is 7.99. The first-order chi connectivity index (χ1) is 9.35. The number of carbonyl (C=O) groups excluding carboxylic acids is 1. The van der Waals surface area contributed by atoms with Crippen molar-refractivity contribution < 1.29 is 9.53 Å². The van der Waals surface area contributed by atoms with Crippen molar-refractivity contribution in [3.63, 3.8) is 0 Å². The van der Waals surface area contributed by atoms with Gasteiger partial charge in [-0.3, -0.25) is 4.79 Å². The molecule has 1 N–H and O–H groups in total. The first-order valence-electron chi connectivity index (χ1n) is 6.88. The second kappa shape index (κ2) is 7.70. The molecule has 0 aliphatic rings. The number of ether oxygens (including phenoxy) is 1. The van der Waals surface area contributed by atoms with Gasteiger partial charge in [-0.2, -0.15) is 0 Å². The topological polar surface area (TPSA) is 38.3 Å². The van der Waals surface area contributed by atoms with E-state index in [1.54, 1.807) is 11.8 Å². The average molecular weight is 295 g/mol. The smallest absolute Gasteiger partial charge is 0.312 e. The molecule has 0 saturated heterocycles. The van der Waals surface area contributed by atoms with E-state index in [1.807, 2.05) is 13.8 Å². The van der Waals surface area contributed by atoms with Gasteiger partial charge in [0.2, 0.25) is 0 Å². The minimum absolute atomic E-state index is 0.164. The molecular weight excluding hydrogens is 270 g/mol. The molecule has 0 fully saturated rings. The number of hydrogen-bond donors (Lipinski definition) is 1. The highest BCUT2D eigenvalue weighted by atomic mass is 32.2. The predicted octanol–water partition coefficient (Wildman–Crippen LogP) is 3.48. The van der Waals surface area contributed by atoms with Crippen LogP contribution in [0.3, 0.4) is 0 Å². The number of carbonyl (C=O) groups is 1. The first-order valence-corrected chi connectivity index (χ1v) is 7.87. The second-order valence-corrected chi connectivity index (χ2v) is 6.90. The Kier molecular flexibility index (Phi) is 6.56. The van der Waals surface area contributed by atoms with E-state index in [4.69, 9.17) is 4.74 Å². The summed E-state index contributed by atoms with van der Waals surface area (Å²) < 4.78 is 4.83. The van der Waals surface area contributed by atoms with Crippen LogP contribution < -0.4 is 5.32 Å².